The molecule has 12 heteroatoms. The number of ether oxygens (including phenoxy) is 1. The zero-order valence-corrected chi connectivity index (χ0v) is 15.7. The predicted octanol–water partition coefficient (Wildman–Crippen LogP) is 2.19. The first kappa shape index (κ1) is 22.1. The molecule has 0 unspecified atom stereocenters. The first-order chi connectivity index (χ1) is 14.3. The van der Waals surface area contributed by atoms with E-state index in [4.69, 9.17) is 15.6 Å². The number of non-ortho nitro benzene ring substituents is 2. The van der Waals surface area contributed by atoms with Gasteiger partial charge < -0.3 is 15.6 Å². The lowest BCUT2D eigenvalue weighted by molar-refractivity contribution is -0.385. The fourth-order valence-corrected chi connectivity index (χ4v) is 2.37. The molecule has 2 aromatic carbocycles. The van der Waals surface area contributed by atoms with Crippen molar-refractivity contribution in [2.45, 2.75) is 13.0 Å². The number of guanidine groups is 1. The van der Waals surface area contributed by atoms with E-state index in [9.17, 15) is 25.5 Å². The second-order valence-electron chi connectivity index (χ2n) is 5.90. The van der Waals surface area contributed by atoms with Gasteiger partial charge in [-0.05, 0) is 18.2 Å². The Kier molecular flexibility index (Phi) is 7.60. The van der Waals surface area contributed by atoms with Crippen molar-refractivity contribution in [1.29, 1.82) is 5.26 Å². The minimum absolute atomic E-state index is 0.0819. The van der Waals surface area contributed by atoms with Gasteiger partial charge in [-0.25, -0.2) is 9.89 Å². The maximum atomic E-state index is 11.1. The summed E-state index contributed by atoms with van der Waals surface area (Å²) in [6.07, 6.45) is 2.21. The second kappa shape index (κ2) is 10.3. The molecule has 0 fully saturated rings. The second-order valence-corrected chi connectivity index (χ2v) is 5.90. The molecule has 2 rings (SSSR count). The van der Waals surface area contributed by atoms with Crippen LogP contribution in [0.5, 0.6) is 5.75 Å². The van der Waals surface area contributed by atoms with E-state index in [1.807, 2.05) is 6.19 Å². The molecule has 0 radical (unpaired) electrons. The van der Waals surface area contributed by atoms with E-state index >= 15 is 0 Å². The Hall–Kier alpha value is -4.24. The van der Waals surface area contributed by atoms with Crippen LogP contribution in [-0.4, -0.2) is 39.0 Å². The molecular weight excluding hydrogens is 396 g/mol. The number of nitrogens with two attached hydrogens (primary N) is 1. The van der Waals surface area contributed by atoms with Crippen LogP contribution in [0.1, 0.15) is 12.0 Å². The number of nitrogens with zero attached hydrogens (tertiary/aromatic N) is 5. The van der Waals surface area contributed by atoms with Crippen molar-refractivity contribution in [2.24, 2.45) is 10.7 Å². The van der Waals surface area contributed by atoms with Crippen LogP contribution >= 0.6 is 0 Å². The van der Waals surface area contributed by atoms with Gasteiger partial charge in [0.05, 0.1) is 28.7 Å². The standard InChI is InChI=1S/C18H18N6O6/c19-12-22(18(20)21-14-2-4-15(5-3-14)23(26)27)11-13-10-16(24(28)29)6-7-17(13)30-9-1-8-25/h2-7,10,25H,1,8-9,11H2,(H2,20,21). The van der Waals surface area contributed by atoms with Gasteiger partial charge in [0.2, 0.25) is 5.96 Å². The van der Waals surface area contributed by atoms with Crippen LogP contribution < -0.4 is 10.5 Å². The van der Waals surface area contributed by atoms with Gasteiger partial charge in [0.1, 0.15) is 5.75 Å². The smallest absolute Gasteiger partial charge is 0.270 e. The Balaban J connectivity index is 2.27. The summed E-state index contributed by atoms with van der Waals surface area (Å²) in [6.45, 7) is -0.0589. The molecule has 0 saturated carbocycles. The molecule has 30 heavy (non-hydrogen) atoms. The third-order valence-electron chi connectivity index (χ3n) is 3.84. The monoisotopic (exact) mass is 414 g/mol. The van der Waals surface area contributed by atoms with Crippen LogP contribution in [0.2, 0.25) is 0 Å². The van der Waals surface area contributed by atoms with Gasteiger partial charge in [0.15, 0.2) is 6.19 Å². The molecule has 12 nitrogen and oxygen atoms in total. The normalized spacial score (nSPS) is 10.9. The number of rotatable bonds is 9. The van der Waals surface area contributed by atoms with Crippen LogP contribution in [0.25, 0.3) is 0 Å². The van der Waals surface area contributed by atoms with Crippen molar-refractivity contribution in [3.8, 4) is 11.9 Å². The third kappa shape index (κ3) is 5.88. The summed E-state index contributed by atoms with van der Waals surface area (Å²) in [5, 5.41) is 40.1. The molecule has 0 amide bonds. The summed E-state index contributed by atoms with van der Waals surface area (Å²) < 4.78 is 5.53. The molecular formula is C18H18N6O6. The molecule has 0 atom stereocenters. The number of nitro benzene ring substituents is 2. The van der Waals surface area contributed by atoms with Gasteiger partial charge in [0.25, 0.3) is 11.4 Å². The fourth-order valence-electron chi connectivity index (χ4n) is 2.37. The molecule has 2 aromatic rings. The molecule has 0 heterocycles. The number of aliphatic hydroxyl groups excluding tert-OH is 1. The molecule has 0 aliphatic rings. The van der Waals surface area contributed by atoms with Crippen LogP contribution in [0, 0.1) is 31.7 Å². The first-order valence-electron chi connectivity index (χ1n) is 8.62. The highest BCUT2D eigenvalue weighted by Gasteiger charge is 2.17. The maximum absolute atomic E-state index is 11.1. The van der Waals surface area contributed by atoms with Gasteiger partial charge in [-0.2, -0.15) is 5.26 Å². The fraction of sp³-hybridized carbons (Fsp3) is 0.222. The van der Waals surface area contributed by atoms with Crippen molar-refractivity contribution < 1.29 is 19.7 Å². The van der Waals surface area contributed by atoms with E-state index in [0.29, 0.717) is 17.7 Å². The number of nitriles is 1. The van der Waals surface area contributed by atoms with E-state index in [0.717, 1.165) is 4.90 Å². The van der Waals surface area contributed by atoms with Gasteiger partial charge in [-0.15, -0.1) is 0 Å². The third-order valence-corrected chi connectivity index (χ3v) is 3.84. The first-order valence-corrected chi connectivity index (χ1v) is 8.62. The lowest BCUT2D eigenvalue weighted by atomic mass is 10.1. The molecule has 0 aliphatic heterocycles. The topological polar surface area (TPSA) is 181 Å². The van der Waals surface area contributed by atoms with Crippen LogP contribution in [0.3, 0.4) is 0 Å². The lowest BCUT2D eigenvalue weighted by Crippen LogP contribution is -2.32. The van der Waals surface area contributed by atoms with E-state index in [1.165, 1.54) is 42.5 Å². The highest BCUT2D eigenvalue weighted by molar-refractivity contribution is 5.82. The van der Waals surface area contributed by atoms with E-state index in [1.54, 1.807) is 0 Å². The summed E-state index contributed by atoms with van der Waals surface area (Å²) >= 11 is 0. The van der Waals surface area contributed by atoms with Crippen molar-refractivity contribution in [2.75, 3.05) is 13.2 Å². The summed E-state index contributed by atoms with van der Waals surface area (Å²) in [6, 6.07) is 9.17. The molecule has 3 N–H and O–H groups in total. The van der Waals surface area contributed by atoms with Crippen LogP contribution in [0.4, 0.5) is 17.1 Å². The molecule has 156 valence electrons. The van der Waals surface area contributed by atoms with Crippen molar-refractivity contribution in [3.63, 3.8) is 0 Å². The molecule has 0 bridgehead atoms. The van der Waals surface area contributed by atoms with Gasteiger partial charge in [-0.1, -0.05) is 0 Å². The zero-order chi connectivity index (χ0) is 22.1. The van der Waals surface area contributed by atoms with Crippen molar-refractivity contribution in [3.05, 3.63) is 68.3 Å². The Morgan fingerprint density at radius 2 is 1.80 bits per heavy atom. The SMILES string of the molecule is N#CN(Cc1cc([N+](=O)[O-])ccc1OCCCO)C(N)=Nc1ccc([N+](=O)[O-])cc1. The Morgan fingerprint density at radius 1 is 1.17 bits per heavy atom. The summed E-state index contributed by atoms with van der Waals surface area (Å²) in [7, 11) is 0. The van der Waals surface area contributed by atoms with E-state index in [2.05, 4.69) is 4.99 Å². The van der Waals surface area contributed by atoms with Crippen molar-refractivity contribution >= 4 is 23.0 Å². The van der Waals surface area contributed by atoms with Crippen LogP contribution in [0.15, 0.2) is 47.5 Å². The minimum atomic E-state index is -0.577. The number of hydrogen-bond donors (Lipinski definition) is 2. The number of nitro groups is 2. The summed E-state index contributed by atoms with van der Waals surface area (Å²) in [4.78, 5) is 25.7. The Labute approximate surface area is 170 Å². The maximum Gasteiger partial charge on any atom is 0.270 e. The Bertz CT molecular complexity index is 986. The zero-order valence-electron chi connectivity index (χ0n) is 15.7. The number of aliphatic hydroxyl groups is 1. The average molecular weight is 414 g/mol. The number of aliphatic imine (C=N–C) groups is 1. The minimum Gasteiger partial charge on any atom is -0.493 e. The molecule has 0 aliphatic carbocycles. The summed E-state index contributed by atoms with van der Waals surface area (Å²) in [5.41, 5.74) is 6.19. The van der Waals surface area contributed by atoms with Gasteiger partial charge in [-0.3, -0.25) is 20.2 Å². The number of hydrogen-bond acceptors (Lipinski definition) is 8. The molecule has 0 aromatic heterocycles. The lowest BCUT2D eigenvalue weighted by Gasteiger charge is -2.17. The van der Waals surface area contributed by atoms with Crippen molar-refractivity contribution in [1.82, 2.24) is 4.90 Å². The van der Waals surface area contributed by atoms with Gasteiger partial charge in [0, 0.05) is 42.9 Å². The van der Waals surface area contributed by atoms with Crippen LogP contribution in [-0.2, 0) is 6.54 Å². The average Bonchev–Trinajstić information content (AvgIpc) is 2.73. The summed E-state index contributed by atoms with van der Waals surface area (Å²) in [5.74, 6) is 0.0941. The van der Waals surface area contributed by atoms with Gasteiger partial charge >= 0.3 is 0 Å². The highest BCUT2D eigenvalue weighted by Crippen LogP contribution is 2.26. The van der Waals surface area contributed by atoms with E-state index < -0.39 is 9.85 Å². The largest absolute Gasteiger partial charge is 0.493 e. The number of benzene rings is 2. The molecule has 0 spiro atoms. The quantitative estimate of drug-likeness (QED) is 0.118. The molecule has 0 saturated heterocycles. The Morgan fingerprint density at radius 3 is 2.37 bits per heavy atom. The predicted molar refractivity (Wildman–Crippen MR) is 106 cm³/mol. The van der Waals surface area contributed by atoms with E-state index in [-0.39, 0.29) is 42.8 Å². The highest BCUT2D eigenvalue weighted by atomic mass is 16.6.